The summed E-state index contributed by atoms with van der Waals surface area (Å²) in [5.41, 5.74) is 4.36. The molecule has 2 aromatic rings. The van der Waals surface area contributed by atoms with Crippen molar-refractivity contribution in [3.8, 4) is 0 Å². The summed E-state index contributed by atoms with van der Waals surface area (Å²) < 4.78 is 13.6. The topological polar surface area (TPSA) is 0 Å². The lowest BCUT2D eigenvalue weighted by atomic mass is 10.00. The number of aryl methyl sites for hydroxylation is 2. The van der Waals surface area contributed by atoms with Crippen molar-refractivity contribution < 1.29 is 4.39 Å². The number of hydrogen-bond acceptors (Lipinski definition) is 0. The van der Waals surface area contributed by atoms with Gasteiger partial charge in [-0.15, -0.1) is 11.6 Å². The molecule has 0 bridgehead atoms. The fourth-order valence-corrected chi connectivity index (χ4v) is 2.45. The Labute approximate surface area is 120 Å². The lowest BCUT2D eigenvalue weighted by molar-refractivity contribution is 0.620. The van der Waals surface area contributed by atoms with E-state index in [1.807, 2.05) is 6.07 Å². The maximum absolute atomic E-state index is 13.2. The van der Waals surface area contributed by atoms with Gasteiger partial charge in [-0.05, 0) is 64.2 Å². The molecule has 2 rings (SSSR count). The van der Waals surface area contributed by atoms with Gasteiger partial charge in [0.25, 0.3) is 0 Å². The van der Waals surface area contributed by atoms with Crippen molar-refractivity contribution in [2.45, 2.75) is 19.2 Å². The summed E-state index contributed by atoms with van der Waals surface area (Å²) in [5.74, 6) is -0.275. The average molecular weight is 328 g/mol. The summed E-state index contributed by atoms with van der Waals surface area (Å²) in [6.07, 6.45) is 0. The Morgan fingerprint density at radius 2 is 1.61 bits per heavy atom. The zero-order chi connectivity index (χ0) is 13.3. The predicted octanol–water partition coefficient (Wildman–Crippen LogP) is 5.53. The molecule has 0 aliphatic carbocycles. The number of alkyl halides is 1. The van der Waals surface area contributed by atoms with Gasteiger partial charge in [0.05, 0.1) is 9.85 Å². The maximum Gasteiger partial charge on any atom is 0.137 e. The molecule has 0 heterocycles. The van der Waals surface area contributed by atoms with Crippen molar-refractivity contribution in [1.29, 1.82) is 0 Å². The number of benzene rings is 2. The molecule has 0 saturated carbocycles. The molecule has 0 nitrogen and oxygen atoms in total. The SMILES string of the molecule is Cc1ccc(C(Cl)c2ccc(F)c(Br)c2)cc1C. The Hall–Kier alpha value is -0.860. The quantitative estimate of drug-likeness (QED) is 0.636. The van der Waals surface area contributed by atoms with Crippen LogP contribution in [-0.2, 0) is 0 Å². The van der Waals surface area contributed by atoms with Crippen molar-refractivity contribution in [2.75, 3.05) is 0 Å². The van der Waals surface area contributed by atoms with E-state index in [1.165, 1.54) is 17.2 Å². The van der Waals surface area contributed by atoms with E-state index in [-0.39, 0.29) is 11.2 Å². The Morgan fingerprint density at radius 3 is 2.22 bits per heavy atom. The molecule has 0 aromatic heterocycles. The minimum absolute atomic E-state index is 0.263. The molecule has 0 amide bonds. The van der Waals surface area contributed by atoms with Crippen LogP contribution in [0.4, 0.5) is 4.39 Å². The van der Waals surface area contributed by atoms with E-state index >= 15 is 0 Å². The van der Waals surface area contributed by atoms with E-state index in [1.54, 1.807) is 12.1 Å². The lowest BCUT2D eigenvalue weighted by Crippen LogP contribution is -1.95. The fourth-order valence-electron chi connectivity index (χ4n) is 1.78. The van der Waals surface area contributed by atoms with Gasteiger partial charge >= 0.3 is 0 Å². The molecular weight excluding hydrogens is 315 g/mol. The summed E-state index contributed by atoms with van der Waals surface area (Å²) in [6, 6.07) is 11.0. The molecule has 0 fully saturated rings. The van der Waals surface area contributed by atoms with E-state index in [9.17, 15) is 4.39 Å². The van der Waals surface area contributed by atoms with Gasteiger partial charge in [-0.25, -0.2) is 4.39 Å². The van der Waals surface area contributed by atoms with Crippen LogP contribution in [0.3, 0.4) is 0 Å². The smallest absolute Gasteiger partial charge is 0.137 e. The number of rotatable bonds is 2. The lowest BCUT2D eigenvalue weighted by Gasteiger charge is -2.13. The molecular formula is C15H13BrClF. The second kappa shape index (κ2) is 5.41. The van der Waals surface area contributed by atoms with Crippen molar-refractivity contribution >= 4 is 27.5 Å². The third-order valence-corrected chi connectivity index (χ3v) is 4.17. The van der Waals surface area contributed by atoms with Gasteiger partial charge < -0.3 is 0 Å². The van der Waals surface area contributed by atoms with E-state index in [0.717, 1.165) is 11.1 Å². The first-order valence-electron chi connectivity index (χ1n) is 5.65. The number of hydrogen-bond donors (Lipinski definition) is 0. The Kier molecular flexibility index (Phi) is 4.08. The molecule has 18 heavy (non-hydrogen) atoms. The minimum Gasteiger partial charge on any atom is -0.206 e. The fraction of sp³-hybridized carbons (Fsp3) is 0.200. The van der Waals surface area contributed by atoms with Gasteiger partial charge in [-0.2, -0.15) is 0 Å². The first kappa shape index (κ1) is 13.6. The van der Waals surface area contributed by atoms with E-state index in [4.69, 9.17) is 11.6 Å². The average Bonchev–Trinajstić information content (AvgIpc) is 2.35. The van der Waals surface area contributed by atoms with Crippen LogP contribution in [-0.4, -0.2) is 0 Å². The summed E-state index contributed by atoms with van der Waals surface area (Å²) in [6.45, 7) is 4.12. The van der Waals surface area contributed by atoms with Gasteiger partial charge in [0.15, 0.2) is 0 Å². The van der Waals surface area contributed by atoms with Gasteiger partial charge in [0, 0.05) is 0 Å². The molecule has 0 aliphatic heterocycles. The first-order valence-corrected chi connectivity index (χ1v) is 6.88. The summed E-state index contributed by atoms with van der Waals surface area (Å²) in [5, 5.41) is -0.263. The molecule has 0 aliphatic rings. The van der Waals surface area contributed by atoms with Crippen molar-refractivity contribution in [2.24, 2.45) is 0 Å². The molecule has 1 unspecified atom stereocenters. The van der Waals surface area contributed by atoms with E-state index in [0.29, 0.717) is 4.47 Å². The number of halogens is 3. The zero-order valence-electron chi connectivity index (χ0n) is 10.2. The highest BCUT2D eigenvalue weighted by molar-refractivity contribution is 9.10. The van der Waals surface area contributed by atoms with Crippen LogP contribution in [0, 0.1) is 19.7 Å². The van der Waals surface area contributed by atoms with Gasteiger partial charge in [-0.1, -0.05) is 24.3 Å². The van der Waals surface area contributed by atoms with E-state index in [2.05, 4.69) is 41.9 Å². The Morgan fingerprint density at radius 1 is 1.00 bits per heavy atom. The molecule has 0 radical (unpaired) electrons. The largest absolute Gasteiger partial charge is 0.206 e. The van der Waals surface area contributed by atoms with Crippen molar-refractivity contribution in [3.05, 3.63) is 68.9 Å². The normalized spacial score (nSPS) is 12.5. The summed E-state index contributed by atoms with van der Waals surface area (Å²) >= 11 is 9.62. The van der Waals surface area contributed by atoms with Crippen LogP contribution in [0.5, 0.6) is 0 Å². The van der Waals surface area contributed by atoms with Crippen LogP contribution in [0.15, 0.2) is 40.9 Å². The van der Waals surface area contributed by atoms with E-state index < -0.39 is 0 Å². The maximum atomic E-state index is 13.2. The predicted molar refractivity (Wildman–Crippen MR) is 77.7 cm³/mol. The second-order valence-corrected chi connectivity index (χ2v) is 5.67. The van der Waals surface area contributed by atoms with Gasteiger partial charge in [0.1, 0.15) is 5.82 Å². The highest BCUT2D eigenvalue weighted by Gasteiger charge is 2.13. The third-order valence-electron chi connectivity index (χ3n) is 3.06. The van der Waals surface area contributed by atoms with Gasteiger partial charge in [0.2, 0.25) is 0 Å². The van der Waals surface area contributed by atoms with Gasteiger partial charge in [-0.3, -0.25) is 0 Å². The molecule has 2 aromatic carbocycles. The monoisotopic (exact) mass is 326 g/mol. The first-order chi connectivity index (χ1) is 8.49. The Bertz CT molecular complexity index is 529. The molecule has 3 heteroatoms. The molecule has 0 N–H and O–H groups in total. The van der Waals surface area contributed by atoms with Crippen molar-refractivity contribution in [1.82, 2.24) is 0 Å². The molecule has 1 atom stereocenters. The van der Waals surface area contributed by atoms with Crippen molar-refractivity contribution in [3.63, 3.8) is 0 Å². The minimum atomic E-state index is -0.275. The van der Waals surface area contributed by atoms with Crippen LogP contribution in [0.1, 0.15) is 27.6 Å². The van der Waals surface area contributed by atoms with Crippen LogP contribution >= 0.6 is 27.5 Å². The molecule has 94 valence electrons. The molecule has 0 saturated heterocycles. The highest BCUT2D eigenvalue weighted by atomic mass is 79.9. The van der Waals surface area contributed by atoms with Crippen LogP contribution < -0.4 is 0 Å². The highest BCUT2D eigenvalue weighted by Crippen LogP contribution is 2.32. The standard InChI is InChI=1S/C15H13BrClF/c1-9-3-4-11(7-10(9)2)15(17)12-5-6-14(18)13(16)8-12/h3-8,15H,1-2H3. The summed E-state index contributed by atoms with van der Waals surface area (Å²) in [7, 11) is 0. The summed E-state index contributed by atoms with van der Waals surface area (Å²) in [4.78, 5) is 0. The zero-order valence-corrected chi connectivity index (χ0v) is 12.5. The second-order valence-electron chi connectivity index (χ2n) is 4.38. The van der Waals surface area contributed by atoms with Crippen LogP contribution in [0.25, 0.3) is 0 Å². The molecule has 0 spiro atoms. The van der Waals surface area contributed by atoms with Crippen LogP contribution in [0.2, 0.25) is 0 Å². The third kappa shape index (κ3) is 2.76. The Balaban J connectivity index is 2.37.